The molecule has 1 aromatic carbocycles. The lowest BCUT2D eigenvalue weighted by Crippen LogP contribution is -1.96. The molecule has 3 nitrogen and oxygen atoms in total. The summed E-state index contributed by atoms with van der Waals surface area (Å²) in [6.45, 7) is 0. The van der Waals surface area contributed by atoms with Crippen LogP contribution in [-0.4, -0.2) is 15.2 Å². The molecule has 0 amide bonds. The first-order chi connectivity index (χ1) is 7.08. The van der Waals surface area contributed by atoms with E-state index in [4.69, 9.17) is 23.2 Å². The Bertz CT molecular complexity index is 559. The average Bonchev–Trinajstić information content (AvgIpc) is 2.17. The minimum Gasteiger partial charge on any atom is -0.276 e. The van der Waals surface area contributed by atoms with Crippen LogP contribution in [0.1, 0.15) is 10.4 Å². The van der Waals surface area contributed by atoms with Gasteiger partial charge < -0.3 is 0 Å². The van der Waals surface area contributed by atoms with Crippen molar-refractivity contribution in [1.29, 1.82) is 0 Å². The van der Waals surface area contributed by atoms with Gasteiger partial charge in [0.1, 0.15) is 5.82 Å². The number of fused-ring (bicyclic) bond motifs is 1. The monoisotopic (exact) mass is 244 g/mol. The Kier molecular flexibility index (Phi) is 2.54. The highest BCUT2D eigenvalue weighted by atomic mass is 35.5. The molecule has 0 aliphatic carbocycles. The minimum absolute atomic E-state index is 0.0176. The van der Waals surface area contributed by atoms with Crippen molar-refractivity contribution in [3.8, 4) is 0 Å². The van der Waals surface area contributed by atoms with E-state index >= 15 is 0 Å². The molecule has 76 valence electrons. The maximum Gasteiger partial charge on any atom is 0.254 e. The van der Waals surface area contributed by atoms with Crippen LogP contribution >= 0.6 is 23.2 Å². The SMILES string of the molecule is O=C(Cl)c1cc(F)cc2cnc(Cl)nc12. The van der Waals surface area contributed by atoms with Crippen molar-refractivity contribution in [2.45, 2.75) is 0 Å². The third-order valence-electron chi connectivity index (χ3n) is 1.83. The van der Waals surface area contributed by atoms with E-state index < -0.39 is 11.1 Å². The molecule has 0 radical (unpaired) electrons. The molecular weight excluding hydrogens is 242 g/mol. The summed E-state index contributed by atoms with van der Waals surface area (Å²) in [5.74, 6) is -0.572. The third kappa shape index (κ3) is 1.91. The maximum atomic E-state index is 13.1. The molecule has 0 N–H and O–H groups in total. The number of benzene rings is 1. The quantitative estimate of drug-likeness (QED) is 0.573. The van der Waals surface area contributed by atoms with Crippen molar-refractivity contribution in [2.75, 3.05) is 0 Å². The van der Waals surface area contributed by atoms with Gasteiger partial charge in [-0.1, -0.05) is 0 Å². The first-order valence-corrected chi connectivity index (χ1v) is 4.65. The molecule has 15 heavy (non-hydrogen) atoms. The summed E-state index contributed by atoms with van der Waals surface area (Å²) in [5.41, 5.74) is 0.229. The molecule has 0 saturated heterocycles. The maximum absolute atomic E-state index is 13.1. The van der Waals surface area contributed by atoms with Gasteiger partial charge in [0.15, 0.2) is 0 Å². The summed E-state index contributed by atoms with van der Waals surface area (Å²) in [6.07, 6.45) is 1.33. The second-order valence-electron chi connectivity index (χ2n) is 2.80. The Hall–Kier alpha value is -1.26. The summed E-state index contributed by atoms with van der Waals surface area (Å²) >= 11 is 10.9. The standard InChI is InChI=1S/C9H3Cl2FN2O/c10-8(15)6-2-5(12)1-4-3-13-9(11)14-7(4)6/h1-3H. The van der Waals surface area contributed by atoms with E-state index in [0.29, 0.717) is 5.39 Å². The molecule has 2 aromatic rings. The second kappa shape index (κ2) is 3.72. The molecule has 0 spiro atoms. The van der Waals surface area contributed by atoms with Crippen molar-refractivity contribution in [1.82, 2.24) is 9.97 Å². The van der Waals surface area contributed by atoms with Crippen molar-refractivity contribution in [3.05, 3.63) is 35.0 Å². The van der Waals surface area contributed by atoms with Gasteiger partial charge in [-0.2, -0.15) is 0 Å². The van der Waals surface area contributed by atoms with E-state index in [1.807, 2.05) is 0 Å². The van der Waals surface area contributed by atoms with Crippen molar-refractivity contribution in [2.24, 2.45) is 0 Å². The molecule has 1 heterocycles. The van der Waals surface area contributed by atoms with Crippen molar-refractivity contribution in [3.63, 3.8) is 0 Å². The first-order valence-electron chi connectivity index (χ1n) is 3.89. The van der Waals surface area contributed by atoms with Crippen LogP contribution in [0.5, 0.6) is 0 Å². The minimum atomic E-state index is -0.783. The van der Waals surface area contributed by atoms with Crippen LogP contribution in [0.25, 0.3) is 10.9 Å². The summed E-state index contributed by atoms with van der Waals surface area (Å²) in [6, 6.07) is 2.22. The predicted molar refractivity (Wildman–Crippen MR) is 54.7 cm³/mol. The molecule has 1 aromatic heterocycles. The smallest absolute Gasteiger partial charge is 0.254 e. The van der Waals surface area contributed by atoms with Gasteiger partial charge in [0.25, 0.3) is 5.24 Å². The highest BCUT2D eigenvalue weighted by molar-refractivity contribution is 6.68. The molecule has 2 rings (SSSR count). The van der Waals surface area contributed by atoms with Crippen molar-refractivity contribution < 1.29 is 9.18 Å². The van der Waals surface area contributed by atoms with Crippen LogP contribution in [0.3, 0.4) is 0 Å². The van der Waals surface area contributed by atoms with E-state index in [0.717, 1.165) is 6.07 Å². The van der Waals surface area contributed by atoms with E-state index in [2.05, 4.69) is 9.97 Å². The first kappa shape index (κ1) is 10.3. The van der Waals surface area contributed by atoms with E-state index in [1.165, 1.54) is 12.3 Å². The van der Waals surface area contributed by atoms with Gasteiger partial charge in [0, 0.05) is 11.6 Å². The van der Waals surface area contributed by atoms with Gasteiger partial charge in [-0.25, -0.2) is 14.4 Å². The number of carbonyl (C=O) groups is 1. The van der Waals surface area contributed by atoms with Gasteiger partial charge in [0.05, 0.1) is 11.1 Å². The zero-order valence-corrected chi connectivity index (χ0v) is 8.68. The fraction of sp³-hybridized carbons (Fsp3) is 0. The Morgan fingerprint density at radius 1 is 1.40 bits per heavy atom. The average molecular weight is 245 g/mol. The highest BCUT2D eigenvalue weighted by Crippen LogP contribution is 2.20. The summed E-state index contributed by atoms with van der Waals surface area (Å²) < 4.78 is 13.1. The summed E-state index contributed by atoms with van der Waals surface area (Å²) in [5, 5.41) is -0.425. The van der Waals surface area contributed by atoms with Gasteiger partial charge in [-0.3, -0.25) is 4.79 Å². The number of halogens is 3. The van der Waals surface area contributed by atoms with Crippen LogP contribution in [0.4, 0.5) is 4.39 Å². The normalized spacial score (nSPS) is 10.6. The van der Waals surface area contributed by atoms with Crippen LogP contribution in [0.15, 0.2) is 18.3 Å². The fourth-order valence-corrected chi connectivity index (χ4v) is 1.51. The van der Waals surface area contributed by atoms with Crippen LogP contribution in [0.2, 0.25) is 5.28 Å². The third-order valence-corrected chi connectivity index (χ3v) is 2.22. The highest BCUT2D eigenvalue weighted by Gasteiger charge is 2.12. The molecule has 0 fully saturated rings. The number of rotatable bonds is 1. The number of carbonyl (C=O) groups excluding carboxylic acids is 1. The molecule has 0 atom stereocenters. The van der Waals surface area contributed by atoms with Gasteiger partial charge >= 0.3 is 0 Å². The lowest BCUT2D eigenvalue weighted by Gasteiger charge is -2.01. The van der Waals surface area contributed by atoms with Crippen LogP contribution in [-0.2, 0) is 0 Å². The summed E-state index contributed by atoms with van der Waals surface area (Å²) in [7, 11) is 0. The summed E-state index contributed by atoms with van der Waals surface area (Å²) in [4.78, 5) is 18.5. The molecule has 0 saturated carbocycles. The molecule has 0 aliphatic heterocycles. The molecule has 0 unspecified atom stereocenters. The molecule has 0 bridgehead atoms. The zero-order chi connectivity index (χ0) is 11.0. The van der Waals surface area contributed by atoms with E-state index in [9.17, 15) is 9.18 Å². The fourth-order valence-electron chi connectivity index (χ4n) is 1.24. The Morgan fingerprint density at radius 3 is 2.80 bits per heavy atom. The Balaban J connectivity index is 2.87. The molecular formula is C9H3Cl2FN2O. The number of nitrogens with zero attached hydrogens (tertiary/aromatic N) is 2. The molecule has 0 aliphatic rings. The lowest BCUT2D eigenvalue weighted by atomic mass is 10.1. The zero-order valence-electron chi connectivity index (χ0n) is 7.17. The Labute approximate surface area is 93.9 Å². The van der Waals surface area contributed by atoms with Gasteiger partial charge in [0.2, 0.25) is 5.28 Å². The largest absolute Gasteiger partial charge is 0.276 e. The number of hydrogen-bond acceptors (Lipinski definition) is 3. The molecule has 6 heteroatoms. The van der Waals surface area contributed by atoms with E-state index in [1.54, 1.807) is 0 Å². The number of aromatic nitrogens is 2. The van der Waals surface area contributed by atoms with Crippen molar-refractivity contribution >= 4 is 39.3 Å². The number of hydrogen-bond donors (Lipinski definition) is 0. The second-order valence-corrected chi connectivity index (χ2v) is 3.49. The van der Waals surface area contributed by atoms with E-state index in [-0.39, 0.29) is 16.4 Å². The predicted octanol–water partition coefficient (Wildman–Crippen LogP) is 2.80. The van der Waals surface area contributed by atoms with Gasteiger partial charge in [-0.05, 0) is 35.3 Å². The topological polar surface area (TPSA) is 42.9 Å². The van der Waals surface area contributed by atoms with Gasteiger partial charge in [-0.15, -0.1) is 0 Å². The van der Waals surface area contributed by atoms with Crippen LogP contribution in [0, 0.1) is 5.82 Å². The van der Waals surface area contributed by atoms with Crippen LogP contribution < -0.4 is 0 Å². The lowest BCUT2D eigenvalue weighted by molar-refractivity contribution is 0.108. The Morgan fingerprint density at radius 2 is 2.13 bits per heavy atom.